The summed E-state index contributed by atoms with van der Waals surface area (Å²) in [5.41, 5.74) is 9.86. The number of aromatic nitrogens is 3. The van der Waals surface area contributed by atoms with E-state index in [1.54, 1.807) is 6.07 Å². The van der Waals surface area contributed by atoms with E-state index in [0.717, 1.165) is 47.7 Å². The van der Waals surface area contributed by atoms with E-state index in [1.807, 2.05) is 29.2 Å². The third-order valence-electron chi connectivity index (χ3n) is 9.69. The molecule has 292 valence electrons. The number of nitrogens with zero attached hydrogens (tertiary/aromatic N) is 5. The molecule has 8 N–H and O–H groups in total. The average molecular weight is 792 g/mol. The lowest BCUT2D eigenvalue weighted by atomic mass is 9.84. The van der Waals surface area contributed by atoms with Gasteiger partial charge in [-0.1, -0.05) is 11.2 Å². The predicted octanol–water partition coefficient (Wildman–Crippen LogP) is -1.52. The number of nitrogens with one attached hydrogen (secondary N) is 2. The zero-order valence-corrected chi connectivity index (χ0v) is 31.1. The van der Waals surface area contributed by atoms with Crippen molar-refractivity contribution in [2.24, 2.45) is 16.8 Å². The maximum Gasteiger partial charge on any atom is 0.354 e. The maximum atomic E-state index is 13.5. The van der Waals surface area contributed by atoms with Crippen molar-refractivity contribution in [1.82, 2.24) is 25.4 Å². The number of oxime groups is 1. The first-order valence-corrected chi connectivity index (χ1v) is 19.1. The molecule has 1 aromatic carbocycles. The standard InChI is InChI=1S/C32H41N9O11S2/c1-31(2)26(28(44)41(31)52-54(47,48)49)37-27(43)25(22-16-53-30(34)36-22)38-51-32(3,29(45)46)24-7-5-19-8-18(4-6-23(19)50-24)20-13-39(12-17-10-35-11-17)40(14-20)15-21(42)9-33/h4,6,8,13-14,16-17,21,24,26,35,42H,5,7,9-12,15,33H2,1-3H3,(H4-,34,36,37,43,45,46,47,48,49)/b38-25-. The lowest BCUT2D eigenvalue weighted by Crippen LogP contribution is -2.76. The number of aliphatic hydroxyl groups is 1. The fourth-order valence-electron chi connectivity index (χ4n) is 6.35. The number of carboxylic acids is 1. The molecule has 20 nitrogen and oxygen atoms in total. The molecule has 0 radical (unpaired) electrons. The number of fused-ring (bicyclic) bond motifs is 1. The lowest BCUT2D eigenvalue weighted by Gasteiger charge is -2.51. The number of aliphatic carboxylic acids is 1. The first-order valence-electron chi connectivity index (χ1n) is 16.9. The number of rotatable bonds is 15. The Balaban J connectivity index is 1.21. The molecule has 4 atom stereocenters. The Bertz CT molecular complexity index is 2060. The molecule has 0 spiro atoms. The van der Waals surface area contributed by atoms with Gasteiger partial charge in [0.15, 0.2) is 23.5 Å². The van der Waals surface area contributed by atoms with Gasteiger partial charge >= 0.3 is 5.97 Å². The van der Waals surface area contributed by atoms with Gasteiger partial charge in [-0.05, 0) is 56.9 Å². The summed E-state index contributed by atoms with van der Waals surface area (Å²) in [6.45, 7) is 7.00. The number of thiazole rings is 1. The highest BCUT2D eigenvalue weighted by atomic mass is 32.3. The average Bonchev–Trinajstić information content (AvgIpc) is 3.71. The van der Waals surface area contributed by atoms with Crippen LogP contribution in [-0.4, -0.2) is 110 Å². The van der Waals surface area contributed by atoms with Crippen LogP contribution in [0.2, 0.25) is 0 Å². The summed E-state index contributed by atoms with van der Waals surface area (Å²) in [6.07, 6.45) is 2.81. The zero-order chi connectivity index (χ0) is 39.2. The van der Waals surface area contributed by atoms with Crippen molar-refractivity contribution in [1.29, 1.82) is 0 Å². The van der Waals surface area contributed by atoms with Crippen LogP contribution in [0.15, 0.2) is 41.1 Å². The number of nitrogen functional groups attached to an aromatic ring is 1. The molecule has 3 aliphatic rings. The Hall–Kier alpha value is -4.71. The molecular weight excluding hydrogens is 751 g/mol. The van der Waals surface area contributed by atoms with Gasteiger partial charge in [0.2, 0.25) is 16.6 Å². The van der Waals surface area contributed by atoms with Crippen LogP contribution in [0.25, 0.3) is 11.1 Å². The molecule has 6 rings (SSSR count). The van der Waals surface area contributed by atoms with Crippen molar-refractivity contribution in [2.45, 2.75) is 76.1 Å². The smallest absolute Gasteiger partial charge is 0.354 e. The monoisotopic (exact) mass is 791 g/mol. The van der Waals surface area contributed by atoms with Gasteiger partial charge in [0.1, 0.15) is 24.0 Å². The van der Waals surface area contributed by atoms with Crippen LogP contribution >= 0.6 is 11.3 Å². The van der Waals surface area contributed by atoms with Crippen LogP contribution in [-0.2, 0) is 53.4 Å². The lowest BCUT2D eigenvalue weighted by molar-refractivity contribution is -0.781. The summed E-state index contributed by atoms with van der Waals surface area (Å²) in [6, 6.07) is 4.19. The molecule has 2 amide bonds. The quantitative estimate of drug-likeness (QED) is 0.0254. The highest BCUT2D eigenvalue weighted by Gasteiger charge is 2.58. The summed E-state index contributed by atoms with van der Waals surface area (Å²) < 4.78 is 47.7. The fourth-order valence-corrected chi connectivity index (χ4v) is 7.34. The Labute approximate surface area is 313 Å². The van der Waals surface area contributed by atoms with E-state index in [2.05, 4.69) is 29.7 Å². The van der Waals surface area contributed by atoms with Gasteiger partial charge in [-0.2, -0.15) is 14.0 Å². The van der Waals surface area contributed by atoms with Gasteiger partial charge < -0.3 is 46.4 Å². The van der Waals surface area contributed by atoms with E-state index in [-0.39, 0.29) is 23.8 Å². The minimum absolute atomic E-state index is 0.0496. The van der Waals surface area contributed by atoms with Crippen molar-refractivity contribution in [3.8, 4) is 16.9 Å². The number of benzene rings is 1. The molecule has 3 aliphatic heterocycles. The molecule has 2 aromatic heterocycles. The topological polar surface area (TPSA) is 290 Å². The molecule has 54 heavy (non-hydrogen) atoms. The number of carbonyl (C=O) groups is 3. The molecule has 0 aliphatic carbocycles. The number of hydrogen-bond donors (Lipinski definition) is 6. The number of β-lactam (4-membered cyclic amide) rings is 1. The number of nitrogens with two attached hydrogens (primary N) is 2. The summed E-state index contributed by atoms with van der Waals surface area (Å²) in [5.74, 6) is -2.61. The van der Waals surface area contributed by atoms with Gasteiger partial charge in [-0.15, -0.1) is 16.0 Å². The Kier molecular flexibility index (Phi) is 10.7. The van der Waals surface area contributed by atoms with Gasteiger partial charge in [-0.25, -0.2) is 18.2 Å². The molecule has 2 fully saturated rings. The van der Waals surface area contributed by atoms with E-state index in [1.165, 1.54) is 26.2 Å². The normalized spacial score (nSPS) is 21.6. The first kappa shape index (κ1) is 39.0. The Morgan fingerprint density at radius 2 is 2.07 bits per heavy atom. The zero-order valence-electron chi connectivity index (χ0n) is 29.5. The number of hydrogen-bond acceptors (Lipinski definition) is 16. The number of ether oxygens (including phenoxy) is 1. The van der Waals surface area contributed by atoms with Gasteiger partial charge in [-0.3, -0.25) is 9.59 Å². The first-order chi connectivity index (χ1) is 25.4. The van der Waals surface area contributed by atoms with E-state index in [0.29, 0.717) is 29.7 Å². The number of anilines is 1. The van der Waals surface area contributed by atoms with Gasteiger partial charge in [0.25, 0.3) is 17.4 Å². The number of carboxylic acid groups (broad SMARTS) is 1. The number of aliphatic hydroxyl groups excluding tert-OH is 1. The van der Waals surface area contributed by atoms with E-state index >= 15 is 0 Å². The Morgan fingerprint density at radius 1 is 1.33 bits per heavy atom. The molecule has 0 bridgehead atoms. The summed E-state index contributed by atoms with van der Waals surface area (Å²) >= 11 is 0.958. The molecule has 0 saturated carbocycles. The van der Waals surface area contributed by atoms with Gasteiger partial charge in [0.05, 0.1) is 23.4 Å². The number of hydroxylamine groups is 2. The van der Waals surface area contributed by atoms with Crippen molar-refractivity contribution < 1.29 is 56.1 Å². The molecule has 3 aromatic rings. The summed E-state index contributed by atoms with van der Waals surface area (Å²) in [7, 11) is -5.29. The van der Waals surface area contributed by atoms with Crippen molar-refractivity contribution in [3.63, 3.8) is 0 Å². The largest absolute Gasteiger partial charge is 0.724 e. The van der Waals surface area contributed by atoms with Crippen LogP contribution in [0.4, 0.5) is 5.13 Å². The minimum Gasteiger partial charge on any atom is -0.724 e. The van der Waals surface area contributed by atoms with Crippen LogP contribution in [0.5, 0.6) is 5.75 Å². The minimum atomic E-state index is -5.29. The second-order valence-electron chi connectivity index (χ2n) is 14.0. The summed E-state index contributed by atoms with van der Waals surface area (Å²) in [5, 5.41) is 32.0. The second kappa shape index (κ2) is 14.8. The SMILES string of the molecule is CC(O/N=C(\C(=O)NC1C(=O)N(OS(=O)(=O)[O-])C1(C)C)c1csc(N)n1)(C(=O)O)C1CCc2cc(-c3cn(CC(O)CN)[n+](CC4CNC4)c3)ccc2O1. The number of amides is 2. The van der Waals surface area contributed by atoms with E-state index in [4.69, 9.17) is 21.0 Å². The number of aryl methyl sites for hydroxylation is 1. The van der Waals surface area contributed by atoms with E-state index < -0.39 is 63.3 Å². The second-order valence-corrected chi connectivity index (χ2v) is 15.9. The molecular formula is C32H41N9O11S2. The van der Waals surface area contributed by atoms with Crippen LogP contribution < -0.4 is 31.5 Å². The highest BCUT2D eigenvalue weighted by Crippen LogP contribution is 2.37. The van der Waals surface area contributed by atoms with Crippen molar-refractivity contribution >= 4 is 50.4 Å². The van der Waals surface area contributed by atoms with Crippen LogP contribution in [0, 0.1) is 5.92 Å². The predicted molar refractivity (Wildman–Crippen MR) is 188 cm³/mol. The highest BCUT2D eigenvalue weighted by molar-refractivity contribution is 7.80. The molecule has 2 saturated heterocycles. The van der Waals surface area contributed by atoms with Crippen molar-refractivity contribution in [2.75, 3.05) is 25.4 Å². The van der Waals surface area contributed by atoms with Crippen LogP contribution in [0.3, 0.4) is 0 Å². The summed E-state index contributed by atoms with van der Waals surface area (Å²) in [4.78, 5) is 48.6. The number of carbonyl (C=O) groups excluding carboxylic acids is 2. The Morgan fingerprint density at radius 3 is 2.67 bits per heavy atom. The third-order valence-corrected chi connectivity index (χ3v) is 10.7. The molecule has 4 unspecified atom stereocenters. The fraction of sp³-hybridized carbons (Fsp3) is 0.500. The third kappa shape index (κ3) is 7.90. The van der Waals surface area contributed by atoms with E-state index in [9.17, 15) is 37.6 Å². The van der Waals surface area contributed by atoms with Crippen molar-refractivity contribution in [3.05, 3.63) is 47.2 Å². The molecule has 5 heterocycles. The van der Waals surface area contributed by atoms with Crippen LogP contribution in [0.1, 0.15) is 38.4 Å². The molecule has 22 heteroatoms. The maximum absolute atomic E-state index is 13.5. The van der Waals surface area contributed by atoms with Gasteiger partial charge in [0, 0.05) is 30.9 Å².